The quantitative estimate of drug-likeness (QED) is 0.0426. The van der Waals surface area contributed by atoms with Crippen LogP contribution in [0, 0.1) is 5.92 Å². The molecule has 20 heteroatoms. The smallest absolute Gasteiger partial charge is 0.422 e. The van der Waals surface area contributed by atoms with E-state index in [-0.39, 0.29) is 17.2 Å². The number of carbonyl (C=O) groups excluding carboxylic acids is 3. The van der Waals surface area contributed by atoms with Crippen LogP contribution in [0.25, 0.3) is 0 Å². The van der Waals surface area contributed by atoms with Gasteiger partial charge < -0.3 is 66.3 Å². The minimum atomic E-state index is -4.69. The summed E-state index contributed by atoms with van der Waals surface area (Å²) < 4.78 is 99.8. The third-order valence-electron chi connectivity index (χ3n) is 8.66. The van der Waals surface area contributed by atoms with Crippen LogP contribution < -0.4 is 0 Å². The van der Waals surface area contributed by atoms with Crippen LogP contribution in [0.5, 0.6) is 0 Å². The van der Waals surface area contributed by atoms with E-state index in [1.54, 1.807) is 61.9 Å². The second-order valence-electron chi connectivity index (χ2n) is 15.8. The number of allylic oxidation sites excluding steroid dienone is 1. The lowest BCUT2D eigenvalue weighted by Crippen LogP contribution is -2.19. The first-order valence-corrected chi connectivity index (χ1v) is 22.1. The van der Waals surface area contributed by atoms with Crippen LogP contribution >= 0.6 is 0 Å². The summed E-state index contributed by atoms with van der Waals surface area (Å²) >= 11 is 0. The van der Waals surface area contributed by atoms with E-state index < -0.39 is 23.7 Å². The maximum atomic E-state index is 11.5. The van der Waals surface area contributed by atoms with Gasteiger partial charge >= 0.3 is 24.1 Å². The van der Waals surface area contributed by atoms with E-state index in [2.05, 4.69) is 89.0 Å². The Labute approximate surface area is 417 Å². The zero-order valence-corrected chi connectivity index (χ0v) is 45.0. The lowest BCUT2D eigenvalue weighted by Gasteiger charge is -2.16. The first-order chi connectivity index (χ1) is 32.7. The molecular formula is C50H89F3O17. The second-order valence-corrected chi connectivity index (χ2v) is 15.8. The van der Waals surface area contributed by atoms with E-state index in [0.29, 0.717) is 42.7 Å². The topological polar surface area (TPSA) is 197 Å². The summed E-state index contributed by atoms with van der Waals surface area (Å²) in [6.45, 7) is 35.4. The molecule has 0 aromatic carbocycles. The molecule has 6 aliphatic rings. The molecule has 412 valence electrons. The van der Waals surface area contributed by atoms with Crippen molar-refractivity contribution in [2.24, 2.45) is 5.92 Å². The Hall–Kier alpha value is -4.12. The van der Waals surface area contributed by atoms with E-state index in [4.69, 9.17) is 37.9 Å². The highest BCUT2D eigenvalue weighted by Gasteiger charge is 2.44. The van der Waals surface area contributed by atoms with Crippen molar-refractivity contribution in [2.75, 3.05) is 110 Å². The molecule has 0 bridgehead atoms. The minimum absolute atomic E-state index is 0.0781. The third kappa shape index (κ3) is 54.8. The highest BCUT2D eigenvalue weighted by Crippen LogP contribution is 2.39. The number of carbonyl (C=O) groups is 3. The fraction of sp³-hybridized carbons (Fsp3) is 0.700. The molecule has 17 nitrogen and oxygen atoms in total. The van der Waals surface area contributed by atoms with E-state index >= 15 is 0 Å². The maximum absolute atomic E-state index is 11.5. The minimum Gasteiger partial charge on any atom is -0.505 e. The molecule has 6 fully saturated rings. The second kappa shape index (κ2) is 46.0. The van der Waals surface area contributed by atoms with Gasteiger partial charge in [-0.25, -0.2) is 14.4 Å². The number of alkyl halides is 3. The summed E-state index contributed by atoms with van der Waals surface area (Å²) in [7, 11) is 13.5. The van der Waals surface area contributed by atoms with Gasteiger partial charge in [0.2, 0.25) is 0 Å². The first kappa shape index (κ1) is 74.8. The van der Waals surface area contributed by atoms with E-state index in [1.807, 2.05) is 19.9 Å². The molecule has 0 aromatic heterocycles. The van der Waals surface area contributed by atoms with Crippen molar-refractivity contribution in [3.63, 3.8) is 0 Å². The van der Waals surface area contributed by atoms with Gasteiger partial charge in [-0.05, 0) is 73.6 Å². The largest absolute Gasteiger partial charge is 0.505 e. The monoisotopic (exact) mass is 1020 g/mol. The molecule has 0 aromatic rings. The lowest BCUT2D eigenvalue weighted by molar-refractivity contribution is -0.148. The Morgan fingerprint density at radius 1 is 0.757 bits per heavy atom. The highest BCUT2D eigenvalue weighted by atomic mass is 19.4. The van der Waals surface area contributed by atoms with Gasteiger partial charge in [-0.2, -0.15) is 13.2 Å². The van der Waals surface area contributed by atoms with Gasteiger partial charge in [-0.1, -0.05) is 38.5 Å². The van der Waals surface area contributed by atoms with Crippen molar-refractivity contribution < 1.29 is 93.9 Å². The Bertz CT molecular complexity index is 1410. The molecule has 70 heavy (non-hydrogen) atoms. The van der Waals surface area contributed by atoms with Crippen LogP contribution in [0.4, 0.5) is 13.2 Å². The Morgan fingerprint density at radius 3 is 1.39 bits per heavy atom. The number of halogens is 3. The molecule has 5 heterocycles. The first-order valence-electron chi connectivity index (χ1n) is 22.1. The number of rotatable bonds is 13. The molecule has 6 rings (SSSR count). The molecule has 7 atom stereocenters. The zero-order chi connectivity index (χ0) is 55.4. The van der Waals surface area contributed by atoms with Crippen molar-refractivity contribution in [2.45, 2.75) is 116 Å². The van der Waals surface area contributed by atoms with E-state index in [0.717, 1.165) is 58.7 Å². The SMILES string of the molecule is C/C=C/OC.C=C(C(=O)OC)C(F)(F)F.C=C(C)C(=O)OC.C=CC(=O)OC.C=CCOC.C=COC.CC1CO1.CC1OC1(C)C.COCC1(C)CO1.COCC1CCC2OC2C1.COCC1CO1. The van der Waals surface area contributed by atoms with Crippen LogP contribution in [0.2, 0.25) is 0 Å². The van der Waals surface area contributed by atoms with Gasteiger partial charge in [-0.3, -0.25) is 0 Å². The van der Waals surface area contributed by atoms with Crippen molar-refractivity contribution in [1.29, 1.82) is 0 Å². The van der Waals surface area contributed by atoms with Crippen LogP contribution in [0.1, 0.15) is 67.7 Å². The fourth-order valence-electron chi connectivity index (χ4n) is 4.00. The molecule has 0 spiro atoms. The number of hydrogen-bond acceptors (Lipinski definition) is 17. The lowest BCUT2D eigenvalue weighted by atomic mass is 9.90. The van der Waals surface area contributed by atoms with Gasteiger partial charge in [-0.15, -0.1) is 6.58 Å². The number of epoxide rings is 5. The van der Waals surface area contributed by atoms with Gasteiger partial charge in [0.25, 0.3) is 0 Å². The maximum Gasteiger partial charge on any atom is 0.422 e. The number of hydrogen-bond donors (Lipinski definition) is 0. The summed E-state index contributed by atoms with van der Waals surface area (Å²) in [4.78, 5) is 30.1. The summed E-state index contributed by atoms with van der Waals surface area (Å²) in [6, 6.07) is 0. The molecule has 0 radical (unpaired) electrons. The van der Waals surface area contributed by atoms with Gasteiger partial charge in [0, 0.05) is 46.7 Å². The van der Waals surface area contributed by atoms with Crippen molar-refractivity contribution in [3.05, 3.63) is 74.8 Å². The number of fused-ring (bicyclic) bond motifs is 1. The van der Waals surface area contributed by atoms with Crippen molar-refractivity contribution in [1.82, 2.24) is 0 Å². The molecule has 7 unspecified atom stereocenters. The summed E-state index contributed by atoms with van der Waals surface area (Å²) in [5, 5.41) is 0. The summed E-state index contributed by atoms with van der Waals surface area (Å²) in [6.07, 6.45) is 9.51. The predicted octanol–water partition coefficient (Wildman–Crippen LogP) is 8.36. The molecule has 5 saturated heterocycles. The van der Waals surface area contributed by atoms with Crippen LogP contribution in [0.3, 0.4) is 0 Å². The van der Waals surface area contributed by atoms with Crippen LogP contribution in [-0.4, -0.2) is 176 Å². The molecule has 0 amide bonds. The fourth-order valence-corrected chi connectivity index (χ4v) is 4.00. The summed E-state index contributed by atoms with van der Waals surface area (Å²) in [5.74, 6) is -1.42. The highest BCUT2D eigenvalue weighted by molar-refractivity contribution is 5.89. The number of methoxy groups -OCH3 is 9. The average molecular weight is 1020 g/mol. The number of esters is 3. The van der Waals surface area contributed by atoms with E-state index in [9.17, 15) is 27.6 Å². The standard InChI is InChI=1S/C8H14O2.C5H5F3O2.C5H10O2.C5H8O2.C5H10O.C4H8O2.C4H6O2.2C4H8O.2C3H6O/c1-9-5-6-2-3-7-8(4-6)10-7;1-3(4(9)10-2)5(6,7)8;1-5(3-6-2)4-7-5;1-4(2)5(6)7-3;1-4-5(2,3)6-4;1-5-2-4-3-6-4;1-3-4(5)6-2;2*1-3-4-5-2;1-3-2-4-3;1-3-4-2/h6-8H,2-5H2,1H3;1H2,2H3;3-4H2,1-2H3;1H2,2-3H3;4H,1-3H3;4H,2-3H2,1H3;3H,1H2,2H3;3-4H,1-2H3;3H,1,4H2,2H3;3H,2H2,1H3;3H,1H2,2H3/b;;;;;;;4-3+;;;. The van der Waals surface area contributed by atoms with Crippen molar-refractivity contribution >= 4 is 17.9 Å². The third-order valence-corrected chi connectivity index (χ3v) is 8.66. The zero-order valence-electron chi connectivity index (χ0n) is 45.0. The Kier molecular flexibility index (Phi) is 49.1. The normalized spacial score (nSPS) is 22.9. The molecule has 0 N–H and O–H groups in total. The van der Waals surface area contributed by atoms with Crippen LogP contribution in [0.15, 0.2) is 74.8 Å². The Balaban J connectivity index is -0.000000224. The van der Waals surface area contributed by atoms with Crippen LogP contribution in [-0.2, 0) is 80.7 Å². The van der Waals surface area contributed by atoms with Gasteiger partial charge in [0.05, 0.1) is 118 Å². The Morgan fingerprint density at radius 2 is 1.24 bits per heavy atom. The van der Waals surface area contributed by atoms with Crippen molar-refractivity contribution in [3.8, 4) is 0 Å². The number of ether oxygens (including phenoxy) is 14. The molecular weight excluding hydrogens is 930 g/mol. The van der Waals surface area contributed by atoms with Gasteiger partial charge in [0.15, 0.2) is 0 Å². The predicted molar refractivity (Wildman–Crippen MR) is 263 cm³/mol. The molecule has 1 aliphatic carbocycles. The van der Waals surface area contributed by atoms with Gasteiger partial charge in [0.1, 0.15) is 17.3 Å². The summed E-state index contributed by atoms with van der Waals surface area (Å²) in [5.41, 5.74) is -0.771. The molecule has 1 saturated carbocycles. The average Bonchev–Trinajstić information content (AvgIpc) is 4.03. The van der Waals surface area contributed by atoms with E-state index in [1.165, 1.54) is 39.7 Å². The molecule has 5 aliphatic heterocycles.